The Morgan fingerprint density at radius 3 is 2.94 bits per heavy atom. The number of aromatic nitrogens is 2. The lowest BCUT2D eigenvalue weighted by molar-refractivity contribution is -0.120. The Bertz CT molecular complexity index is 427. The van der Waals surface area contributed by atoms with E-state index in [1.165, 1.54) is 6.08 Å². The third kappa shape index (κ3) is 2.74. The van der Waals surface area contributed by atoms with Crippen LogP contribution in [-0.4, -0.2) is 32.9 Å². The number of hydrogen-bond acceptors (Lipinski definition) is 3. The second-order valence-electron chi connectivity index (χ2n) is 4.56. The molecule has 2 N–H and O–H groups in total. The van der Waals surface area contributed by atoms with E-state index in [0.717, 1.165) is 24.8 Å². The SMILES string of the molecule is Cn1cc(/C=C/C(=O)NC2(CO)CCC2)cn1. The van der Waals surface area contributed by atoms with Crippen molar-refractivity contribution in [2.75, 3.05) is 6.61 Å². The summed E-state index contributed by atoms with van der Waals surface area (Å²) in [4.78, 5) is 11.7. The molecule has 0 unspecified atom stereocenters. The highest BCUT2D eigenvalue weighted by Gasteiger charge is 2.37. The first kappa shape index (κ1) is 11.9. The highest BCUT2D eigenvalue weighted by Crippen LogP contribution is 2.31. The second-order valence-corrected chi connectivity index (χ2v) is 4.56. The maximum Gasteiger partial charge on any atom is 0.244 e. The van der Waals surface area contributed by atoms with E-state index in [-0.39, 0.29) is 18.1 Å². The fraction of sp³-hybridized carbons (Fsp3) is 0.500. The van der Waals surface area contributed by atoms with Crippen LogP contribution in [0, 0.1) is 0 Å². The van der Waals surface area contributed by atoms with E-state index in [4.69, 9.17) is 0 Å². The number of hydrogen-bond donors (Lipinski definition) is 2. The minimum absolute atomic E-state index is 0.0134. The fourth-order valence-electron chi connectivity index (χ4n) is 1.93. The van der Waals surface area contributed by atoms with Gasteiger partial charge in [0, 0.05) is 24.9 Å². The van der Waals surface area contributed by atoms with Crippen LogP contribution in [0.3, 0.4) is 0 Å². The van der Waals surface area contributed by atoms with Crippen LogP contribution >= 0.6 is 0 Å². The first-order valence-corrected chi connectivity index (χ1v) is 5.73. The van der Waals surface area contributed by atoms with Gasteiger partial charge in [-0.15, -0.1) is 0 Å². The van der Waals surface area contributed by atoms with Crippen LogP contribution in [0.15, 0.2) is 18.5 Å². The Morgan fingerprint density at radius 1 is 1.71 bits per heavy atom. The third-order valence-electron chi connectivity index (χ3n) is 3.15. The molecule has 17 heavy (non-hydrogen) atoms. The van der Waals surface area contributed by atoms with E-state index in [9.17, 15) is 9.90 Å². The van der Waals surface area contributed by atoms with Gasteiger partial charge in [0.25, 0.3) is 0 Å². The summed E-state index contributed by atoms with van der Waals surface area (Å²) >= 11 is 0. The highest BCUT2D eigenvalue weighted by atomic mass is 16.3. The van der Waals surface area contributed by atoms with Crippen LogP contribution in [0.2, 0.25) is 0 Å². The zero-order valence-electron chi connectivity index (χ0n) is 9.89. The lowest BCUT2D eigenvalue weighted by Gasteiger charge is -2.40. The quantitative estimate of drug-likeness (QED) is 0.745. The van der Waals surface area contributed by atoms with Gasteiger partial charge in [-0.25, -0.2) is 0 Å². The Hall–Kier alpha value is -1.62. The Labute approximate surface area is 100 Å². The number of amides is 1. The van der Waals surface area contributed by atoms with E-state index < -0.39 is 0 Å². The molecule has 1 aromatic heterocycles. The molecule has 0 bridgehead atoms. The molecule has 0 spiro atoms. The number of carbonyl (C=O) groups excluding carboxylic acids is 1. The molecule has 1 amide bonds. The Morgan fingerprint density at radius 2 is 2.47 bits per heavy atom. The minimum atomic E-state index is -0.379. The van der Waals surface area contributed by atoms with Gasteiger partial charge in [0.05, 0.1) is 18.3 Å². The predicted octanol–water partition coefficient (Wildman–Crippen LogP) is 0.464. The smallest absolute Gasteiger partial charge is 0.244 e. The largest absolute Gasteiger partial charge is 0.394 e. The van der Waals surface area contributed by atoms with Crippen molar-refractivity contribution in [3.63, 3.8) is 0 Å². The van der Waals surface area contributed by atoms with Crippen LogP contribution in [-0.2, 0) is 11.8 Å². The van der Waals surface area contributed by atoms with Crippen LogP contribution in [0.4, 0.5) is 0 Å². The number of nitrogens with zero attached hydrogens (tertiary/aromatic N) is 2. The van der Waals surface area contributed by atoms with Gasteiger partial charge >= 0.3 is 0 Å². The van der Waals surface area contributed by atoms with E-state index in [2.05, 4.69) is 10.4 Å². The van der Waals surface area contributed by atoms with Gasteiger partial charge in [-0.1, -0.05) is 0 Å². The maximum absolute atomic E-state index is 11.7. The molecule has 0 radical (unpaired) electrons. The lowest BCUT2D eigenvalue weighted by atomic mass is 9.77. The van der Waals surface area contributed by atoms with E-state index in [0.29, 0.717) is 0 Å². The minimum Gasteiger partial charge on any atom is -0.394 e. The van der Waals surface area contributed by atoms with Gasteiger partial charge in [-0.3, -0.25) is 9.48 Å². The summed E-state index contributed by atoms with van der Waals surface area (Å²) in [6.45, 7) is 0.0134. The summed E-state index contributed by atoms with van der Waals surface area (Å²) in [5, 5.41) is 16.1. The van der Waals surface area contributed by atoms with Gasteiger partial charge in [-0.05, 0) is 25.3 Å². The molecule has 5 nitrogen and oxygen atoms in total. The number of carbonyl (C=O) groups is 1. The molecule has 0 aliphatic heterocycles. The van der Waals surface area contributed by atoms with E-state index in [1.807, 2.05) is 13.2 Å². The maximum atomic E-state index is 11.7. The first-order chi connectivity index (χ1) is 8.13. The van der Waals surface area contributed by atoms with Gasteiger partial charge in [-0.2, -0.15) is 5.10 Å². The molecular formula is C12H17N3O2. The highest BCUT2D eigenvalue weighted by molar-refractivity contribution is 5.92. The number of aliphatic hydroxyl groups is 1. The number of aliphatic hydroxyl groups excluding tert-OH is 1. The standard InChI is InChI=1S/C12H17N3O2/c1-15-8-10(7-13-15)3-4-11(17)14-12(9-16)5-2-6-12/h3-4,7-8,16H,2,5-6,9H2,1H3,(H,14,17)/b4-3+. The zero-order valence-corrected chi connectivity index (χ0v) is 9.89. The number of nitrogens with one attached hydrogen (secondary N) is 1. The monoisotopic (exact) mass is 235 g/mol. The molecule has 1 heterocycles. The molecule has 0 saturated heterocycles. The molecule has 2 rings (SSSR count). The average Bonchev–Trinajstić information content (AvgIpc) is 2.67. The lowest BCUT2D eigenvalue weighted by Crippen LogP contribution is -2.55. The number of aryl methyl sites for hydroxylation is 1. The molecule has 0 aromatic carbocycles. The molecule has 1 saturated carbocycles. The van der Waals surface area contributed by atoms with Crippen LogP contribution < -0.4 is 5.32 Å². The normalized spacial score (nSPS) is 18.0. The molecule has 5 heteroatoms. The second kappa shape index (κ2) is 4.71. The molecule has 0 atom stereocenters. The van der Waals surface area contributed by atoms with Crippen molar-refractivity contribution in [2.45, 2.75) is 24.8 Å². The van der Waals surface area contributed by atoms with E-state index in [1.54, 1.807) is 17.0 Å². The van der Waals surface area contributed by atoms with Crippen LogP contribution in [0.5, 0.6) is 0 Å². The van der Waals surface area contributed by atoms with Crippen molar-refractivity contribution in [1.82, 2.24) is 15.1 Å². The summed E-state index contributed by atoms with van der Waals surface area (Å²) in [5.74, 6) is -0.164. The van der Waals surface area contributed by atoms with Crippen LogP contribution in [0.1, 0.15) is 24.8 Å². The summed E-state index contributed by atoms with van der Waals surface area (Å²) in [6, 6.07) is 0. The molecule has 1 aliphatic carbocycles. The molecule has 1 aromatic rings. The van der Waals surface area contributed by atoms with Crippen molar-refractivity contribution in [3.05, 3.63) is 24.0 Å². The summed E-state index contributed by atoms with van der Waals surface area (Å²) < 4.78 is 1.68. The van der Waals surface area contributed by atoms with Gasteiger partial charge < -0.3 is 10.4 Å². The van der Waals surface area contributed by atoms with Crippen molar-refractivity contribution in [1.29, 1.82) is 0 Å². The van der Waals surface area contributed by atoms with E-state index >= 15 is 0 Å². The summed E-state index contributed by atoms with van der Waals surface area (Å²) in [6.07, 6.45) is 9.49. The Kier molecular flexibility index (Phi) is 3.28. The third-order valence-corrected chi connectivity index (χ3v) is 3.15. The van der Waals surface area contributed by atoms with Gasteiger partial charge in [0.15, 0.2) is 0 Å². The van der Waals surface area contributed by atoms with Crippen molar-refractivity contribution in [3.8, 4) is 0 Å². The van der Waals surface area contributed by atoms with Crippen molar-refractivity contribution >= 4 is 12.0 Å². The van der Waals surface area contributed by atoms with Crippen molar-refractivity contribution < 1.29 is 9.90 Å². The van der Waals surface area contributed by atoms with Gasteiger partial charge in [0.1, 0.15) is 0 Å². The molecule has 1 aliphatic rings. The molecular weight excluding hydrogens is 218 g/mol. The summed E-state index contributed by atoms with van der Waals surface area (Å²) in [7, 11) is 1.83. The first-order valence-electron chi connectivity index (χ1n) is 5.73. The van der Waals surface area contributed by atoms with Crippen molar-refractivity contribution in [2.24, 2.45) is 7.05 Å². The average molecular weight is 235 g/mol. The molecule has 92 valence electrons. The van der Waals surface area contributed by atoms with Crippen LogP contribution in [0.25, 0.3) is 6.08 Å². The predicted molar refractivity (Wildman–Crippen MR) is 64.1 cm³/mol. The Balaban J connectivity index is 1.91. The zero-order chi connectivity index (χ0) is 12.3. The number of rotatable bonds is 4. The molecule has 1 fully saturated rings. The summed E-state index contributed by atoms with van der Waals surface area (Å²) in [5.41, 5.74) is 0.505. The van der Waals surface area contributed by atoms with Gasteiger partial charge in [0.2, 0.25) is 5.91 Å². The topological polar surface area (TPSA) is 67.2 Å². The fourth-order valence-corrected chi connectivity index (χ4v) is 1.93.